The van der Waals surface area contributed by atoms with Crippen molar-refractivity contribution in [3.63, 3.8) is 0 Å². The molecule has 4 saturated heterocycles. The molecule has 3 N–H and O–H groups in total. The number of benzene rings is 8. The lowest BCUT2D eigenvalue weighted by Crippen LogP contribution is -2.37. The summed E-state index contributed by atoms with van der Waals surface area (Å²) in [7, 11) is 0. The number of likely N-dealkylation sites (tertiary alicyclic amines) is 2. The lowest BCUT2D eigenvalue weighted by molar-refractivity contribution is -0.138. The number of nitriles is 4. The number of carbonyl (C=O) groups is 5. The fourth-order valence-electron chi connectivity index (χ4n) is 20.5. The summed E-state index contributed by atoms with van der Waals surface area (Å²) in [5.41, 5.74) is 19.5. The van der Waals surface area contributed by atoms with Gasteiger partial charge < -0.3 is 39.0 Å². The Kier molecular flexibility index (Phi) is 30.1. The number of hydrogen-bond acceptors (Lipinski definition) is 18. The number of imide groups is 1. The quantitative estimate of drug-likeness (QED) is 0.0523. The molecule has 4 fully saturated rings. The first-order valence-electron chi connectivity index (χ1n) is 43.8. The number of nitrogens with zero attached hydrogens (tertiary/aromatic N) is 8. The van der Waals surface area contributed by atoms with Crippen LogP contribution in [0.15, 0.2) is 183 Å². The molecule has 8 aromatic carbocycles. The lowest BCUT2D eigenvalue weighted by Gasteiger charge is -2.27. The number of aromatic nitrogens is 2. The van der Waals surface area contributed by atoms with Gasteiger partial charge in [-0.05, 0) is 290 Å². The zero-order valence-electron chi connectivity index (χ0n) is 72.7. The number of β-amino-alcohol motifs (C(OH)–C–C–N with tert-alkyl or cyclic N) is 1. The van der Waals surface area contributed by atoms with Gasteiger partial charge in [-0.25, -0.2) is 9.59 Å². The van der Waals surface area contributed by atoms with Crippen LogP contribution in [0.2, 0.25) is 0 Å². The summed E-state index contributed by atoms with van der Waals surface area (Å²) in [4.78, 5) is 67.4. The zero-order valence-corrected chi connectivity index (χ0v) is 82.2. The number of esters is 1. The van der Waals surface area contributed by atoms with Crippen molar-refractivity contribution in [1.29, 1.82) is 21.0 Å². The molecule has 5 unspecified atom stereocenters. The number of aliphatic hydroxyl groups excluding tert-OH is 1. The largest absolute Gasteiger partial charge is 0.490 e. The van der Waals surface area contributed by atoms with Gasteiger partial charge in [0.05, 0.1) is 54.3 Å². The summed E-state index contributed by atoms with van der Waals surface area (Å²) in [6.45, 7) is 18.5. The highest BCUT2D eigenvalue weighted by molar-refractivity contribution is 9.11. The second kappa shape index (κ2) is 40.6. The number of fused-ring (bicyclic) bond motifs is 11. The molecule has 1 aromatic heterocycles. The molecule has 4 aliphatic heterocycles. The second-order valence-corrected chi connectivity index (χ2v) is 40.9. The third-order valence-corrected chi connectivity index (χ3v) is 31.2. The number of nitrogens with one attached hydrogen (secondary N) is 2. The Bertz CT molecular complexity index is 6010. The van der Waals surface area contributed by atoms with Gasteiger partial charge in [0.25, 0.3) is 5.89 Å². The Labute approximate surface area is 799 Å². The fourth-order valence-corrected chi connectivity index (χ4v) is 23.9. The Hall–Kier alpha value is -9.29. The fraction of sp³-hybridized carbons (Fsp3) is 0.402. The molecule has 20 nitrogen and oxygen atoms in total. The molecule has 20 rings (SSSR count). The number of hydrogen-bond donors (Lipinski definition) is 3. The van der Waals surface area contributed by atoms with Crippen molar-refractivity contribution in [2.75, 3.05) is 59.0 Å². The molecule has 128 heavy (non-hydrogen) atoms. The third kappa shape index (κ3) is 19.8. The summed E-state index contributed by atoms with van der Waals surface area (Å²) in [5, 5.41) is 56.3. The van der Waals surface area contributed by atoms with Crippen LogP contribution in [0.3, 0.4) is 0 Å². The number of amides is 3. The maximum Gasteiger partial charge on any atom is 0.410 e. The summed E-state index contributed by atoms with van der Waals surface area (Å²) >= 11 is 21.2. The van der Waals surface area contributed by atoms with Crippen molar-refractivity contribution < 1.29 is 47.8 Å². The summed E-state index contributed by atoms with van der Waals surface area (Å²) in [6.07, 6.45) is 17.1. The van der Waals surface area contributed by atoms with Crippen molar-refractivity contribution >= 4 is 131 Å². The van der Waals surface area contributed by atoms with E-state index in [1.54, 1.807) is 30.2 Å². The molecule has 11 aliphatic rings. The lowest BCUT2D eigenvalue weighted by atomic mass is 9.80. The molecule has 26 heteroatoms. The van der Waals surface area contributed by atoms with Gasteiger partial charge in [0, 0.05) is 105 Å². The van der Waals surface area contributed by atoms with Crippen LogP contribution >= 0.6 is 95.6 Å². The van der Waals surface area contributed by atoms with E-state index in [0.29, 0.717) is 53.3 Å². The van der Waals surface area contributed by atoms with Gasteiger partial charge in [-0.2, -0.15) is 26.0 Å². The highest BCUT2D eigenvalue weighted by Gasteiger charge is 2.53. The summed E-state index contributed by atoms with van der Waals surface area (Å²) < 4.78 is 28.4. The predicted octanol–water partition coefficient (Wildman–Crippen LogP) is 21.4. The maximum atomic E-state index is 12.3. The number of Topliss-reactive ketones (excluding diaryl/α,β-unsaturated/α-hetero) is 1. The Morgan fingerprint density at radius 1 is 0.594 bits per heavy atom. The first kappa shape index (κ1) is 94.8. The molecule has 7 aliphatic carbocycles. The van der Waals surface area contributed by atoms with Crippen LogP contribution in [0.25, 0.3) is 28.4 Å². The first-order valence-corrected chi connectivity index (χ1v) is 48.6. The zero-order chi connectivity index (χ0) is 91.0. The van der Waals surface area contributed by atoms with E-state index >= 15 is 0 Å². The second-order valence-electron chi connectivity index (χ2n) is 35.8. The van der Waals surface area contributed by atoms with Crippen LogP contribution in [0, 0.1) is 45.3 Å². The molecule has 0 bridgehead atoms. The topological polar surface area (TPSA) is 298 Å². The van der Waals surface area contributed by atoms with Crippen LogP contribution in [0.4, 0.5) is 4.79 Å². The minimum Gasteiger partial charge on any atom is -0.490 e. The van der Waals surface area contributed by atoms with Gasteiger partial charge in [0.2, 0.25) is 17.6 Å². The van der Waals surface area contributed by atoms with Gasteiger partial charge in [0.1, 0.15) is 29.1 Å². The van der Waals surface area contributed by atoms with Gasteiger partial charge in [-0.1, -0.05) is 192 Å². The van der Waals surface area contributed by atoms with E-state index in [1.807, 2.05) is 124 Å². The van der Waals surface area contributed by atoms with E-state index in [2.05, 4.69) is 194 Å². The van der Waals surface area contributed by atoms with Gasteiger partial charge >= 0.3 is 12.1 Å². The van der Waals surface area contributed by atoms with Crippen molar-refractivity contribution in [3.05, 3.63) is 261 Å². The average molecular weight is 2110 g/mol. The van der Waals surface area contributed by atoms with Crippen LogP contribution in [-0.4, -0.2) is 125 Å². The third-order valence-electron chi connectivity index (χ3n) is 26.8. The molecular formula is C102H102Br6N10O10. The normalized spacial score (nSPS) is 22.0. The minimum absolute atomic E-state index is 0.0167. The molecule has 3 amide bonds. The summed E-state index contributed by atoms with van der Waals surface area (Å²) in [5.74, 6) is 0.980. The molecule has 4 spiro atoms. The van der Waals surface area contributed by atoms with E-state index in [1.165, 1.54) is 80.2 Å². The Morgan fingerprint density at radius 2 is 1.13 bits per heavy atom. The number of aliphatic hydroxyl groups is 1. The summed E-state index contributed by atoms with van der Waals surface area (Å²) in [6, 6.07) is 56.8. The SMILES string of the molecule is Brc1cccc2c1CCC21CCNC1.CC(C)(C)OC(=O)N1CCC2(CCc3c(Br)cccc32)C1.CC(C)Oc1ccc(-c2nc(-c3cccc4c3CCC43CCN(CCO)C3)no2)cc1C#N.CCOC(=O)/C(C#N)=C1\CCc2c(Br)cccc21.N#CCC1(C#N)CCc2c(Br)cccc21.O=C1CC2(CCc3c(Br)cccc32)C(=O)N1.O=C1CCc2c(Br)cccc21. The van der Waals surface area contributed by atoms with Crippen molar-refractivity contribution in [3.8, 4) is 52.9 Å². The minimum atomic E-state index is -0.587. The number of allylic oxidation sites excluding steroid dienone is 1. The van der Waals surface area contributed by atoms with E-state index in [-0.39, 0.29) is 65.8 Å². The number of ketones is 1. The molecule has 0 saturated carbocycles. The maximum absolute atomic E-state index is 12.3. The molecule has 5 atom stereocenters. The van der Waals surface area contributed by atoms with E-state index in [0.717, 1.165) is 167 Å². The highest BCUT2D eigenvalue weighted by atomic mass is 79.9. The van der Waals surface area contributed by atoms with Gasteiger partial charge in [0.15, 0.2) is 5.78 Å². The van der Waals surface area contributed by atoms with E-state index < -0.39 is 22.4 Å². The number of halogens is 6. The van der Waals surface area contributed by atoms with Crippen LogP contribution < -0.4 is 15.4 Å². The average Bonchev–Trinajstić information content (AvgIpc) is 1.59. The smallest absolute Gasteiger partial charge is 0.410 e. The van der Waals surface area contributed by atoms with Gasteiger partial charge in [-0.15, -0.1) is 0 Å². The monoisotopic (exact) mass is 2100 g/mol. The van der Waals surface area contributed by atoms with E-state index in [4.69, 9.17) is 29.3 Å². The van der Waals surface area contributed by atoms with Gasteiger partial charge in [-0.3, -0.25) is 19.7 Å². The first-order chi connectivity index (χ1) is 61.5. The molecule has 5 heterocycles. The number of ether oxygens (including phenoxy) is 3. The van der Waals surface area contributed by atoms with Crippen molar-refractivity contribution in [2.45, 2.75) is 202 Å². The number of carbonyl (C=O) groups excluding carboxylic acids is 5. The molecule has 662 valence electrons. The highest BCUT2D eigenvalue weighted by Crippen LogP contribution is 2.52. The molecule has 0 radical (unpaired) electrons. The van der Waals surface area contributed by atoms with Crippen molar-refractivity contribution in [1.82, 2.24) is 30.6 Å². The molecule has 9 aromatic rings. The van der Waals surface area contributed by atoms with Crippen LogP contribution in [0.5, 0.6) is 5.75 Å². The molecular weight excluding hydrogens is 2000 g/mol. The Balaban J connectivity index is 0.000000124. The predicted molar refractivity (Wildman–Crippen MR) is 512 cm³/mol. The van der Waals surface area contributed by atoms with Crippen LogP contribution in [0.1, 0.15) is 207 Å². The van der Waals surface area contributed by atoms with E-state index in [9.17, 15) is 39.6 Å². The standard InChI is InChI=1S/C26H28N4O3.C17H22BrNO2.C14H12BrNO2.C12H9BrN2.C12H10BrNO2.C12H14BrN.C9H7BrO/c1-17(2)32-23-7-6-18(14-19(23)15-27)25-28-24(29-33-25)21-4-3-5-22-20(21)8-9-26(22)10-11-30(16-26)12-13-31;1-16(2,3)21-15(20)19-10-9-17(11-19)8-7-12-13(17)5-4-6-14(12)18;1-2-18-14(17)12(8-16)10-6-7-11-9(10)4-3-5-13(11)15;13-11-3-1-2-10-9(11)4-5-12(10,8-15)6-7-14;13-9-3-1-2-8-7(9)4-5-12(8)6-10(15)14-11(12)16;13-11-3-1-2-10-9(11)4-5-12(10)6-7-14-8-12;10-8-3-1-2-7-6(8)4-5-9(7)11/h3-7,14,17,31H,8-13,16H2,1-2H3;4-6H,7-11H2,1-3H3;3-5H,2,6-7H2,1H3;1-3H,4-6H2;1-3H,4-6H2,(H,14,15,16);1-3,14H,4-8H2;1-3H,4-5H2/b;;12-10+;;;;. The number of rotatable bonds is 9. The van der Waals surface area contributed by atoms with Crippen LogP contribution in [-0.2, 0) is 95.9 Å². The van der Waals surface area contributed by atoms with Crippen molar-refractivity contribution in [2.24, 2.45) is 0 Å². The Morgan fingerprint density at radius 3 is 1.72 bits per heavy atom.